The molecular weight excluding hydrogens is 135 g/mol. The zero-order chi connectivity index (χ0) is 5.70. The van der Waals surface area contributed by atoms with Crippen LogP contribution in [0.2, 0.25) is 0 Å². The van der Waals surface area contributed by atoms with E-state index < -0.39 is 0 Å². The lowest BCUT2D eigenvalue weighted by molar-refractivity contribution is -0.107. The predicted octanol–water partition coefficient (Wildman–Crippen LogP) is 1.42. The third kappa shape index (κ3) is 4.10. The number of carbonyl (C=O) groups excluding carboxylic acids is 1. The van der Waals surface area contributed by atoms with Gasteiger partial charge in [-0.2, -0.15) is 0 Å². The summed E-state index contributed by atoms with van der Waals surface area (Å²) >= 11 is 10.6. The van der Waals surface area contributed by atoms with Gasteiger partial charge >= 0.3 is 0 Å². The van der Waals surface area contributed by atoms with Crippen molar-refractivity contribution in [2.75, 3.05) is 5.88 Å². The summed E-state index contributed by atoms with van der Waals surface area (Å²) in [6, 6.07) is 0. The summed E-state index contributed by atoms with van der Waals surface area (Å²) < 4.78 is 0. The summed E-state index contributed by atoms with van der Waals surface area (Å²) in [6.45, 7) is 0. The van der Waals surface area contributed by atoms with Crippen molar-refractivity contribution in [1.29, 1.82) is 0 Å². The molecule has 0 saturated heterocycles. The van der Waals surface area contributed by atoms with Crippen LogP contribution in [0.3, 0.4) is 0 Å². The third-order valence-corrected chi connectivity index (χ3v) is 1.38. The van der Waals surface area contributed by atoms with Crippen molar-refractivity contribution >= 4 is 29.5 Å². The van der Waals surface area contributed by atoms with Crippen molar-refractivity contribution < 1.29 is 4.79 Å². The van der Waals surface area contributed by atoms with E-state index >= 15 is 0 Å². The van der Waals surface area contributed by atoms with Gasteiger partial charge in [-0.05, 0) is 0 Å². The van der Waals surface area contributed by atoms with Gasteiger partial charge in [-0.3, -0.25) is 0 Å². The van der Waals surface area contributed by atoms with Gasteiger partial charge in [0, 0.05) is 12.3 Å². The lowest BCUT2D eigenvalue weighted by Gasteiger charge is -1.93. The van der Waals surface area contributed by atoms with Crippen LogP contribution in [0, 0.1) is 0 Å². The average molecular weight is 141 g/mol. The Labute approximate surface area is 52.6 Å². The van der Waals surface area contributed by atoms with E-state index in [-0.39, 0.29) is 5.38 Å². The summed E-state index contributed by atoms with van der Waals surface area (Å²) in [5.74, 6) is 0.348. The molecule has 1 unspecified atom stereocenters. The van der Waals surface area contributed by atoms with Gasteiger partial charge in [-0.1, -0.05) is 0 Å². The van der Waals surface area contributed by atoms with Crippen LogP contribution in [0.4, 0.5) is 0 Å². The maximum absolute atomic E-state index is 9.63. The normalized spacial score (nSPS) is 13.4. The molecule has 1 nitrogen and oxygen atoms in total. The van der Waals surface area contributed by atoms with Crippen molar-refractivity contribution in [3.63, 3.8) is 0 Å². The fourth-order valence-electron chi connectivity index (χ4n) is 0.167. The molecule has 0 aromatic rings. The van der Waals surface area contributed by atoms with E-state index in [1.165, 1.54) is 0 Å². The first kappa shape index (κ1) is 7.25. The van der Waals surface area contributed by atoms with Crippen LogP contribution in [0.1, 0.15) is 6.42 Å². The highest BCUT2D eigenvalue weighted by Crippen LogP contribution is 2.00. The minimum Gasteiger partial charge on any atom is -0.303 e. The Kier molecular flexibility index (Phi) is 4.57. The molecule has 1 atom stereocenters. The molecule has 0 saturated carbocycles. The zero-order valence-corrected chi connectivity index (χ0v) is 5.24. The molecule has 0 aromatic carbocycles. The fourth-order valence-corrected chi connectivity index (χ4v) is 0.366. The van der Waals surface area contributed by atoms with Crippen LogP contribution < -0.4 is 0 Å². The Morgan fingerprint density at radius 2 is 2.29 bits per heavy atom. The highest BCUT2D eigenvalue weighted by molar-refractivity contribution is 6.28. The molecule has 0 heterocycles. The number of carbonyl (C=O) groups is 1. The molecule has 0 radical (unpaired) electrons. The Balaban J connectivity index is 2.98. The second-order valence-electron chi connectivity index (χ2n) is 1.15. The van der Waals surface area contributed by atoms with E-state index in [4.69, 9.17) is 23.2 Å². The monoisotopic (exact) mass is 140 g/mol. The number of hydrogen-bond acceptors (Lipinski definition) is 1. The number of hydrogen-bond donors (Lipinski definition) is 0. The van der Waals surface area contributed by atoms with Crippen molar-refractivity contribution in [2.45, 2.75) is 11.8 Å². The molecule has 0 aromatic heterocycles. The molecule has 0 aliphatic heterocycles. The first-order chi connectivity index (χ1) is 3.31. The molecule has 0 N–H and O–H groups in total. The molecule has 0 amide bonds. The number of aldehydes is 1. The van der Waals surface area contributed by atoms with Crippen molar-refractivity contribution in [1.82, 2.24) is 0 Å². The predicted molar refractivity (Wildman–Crippen MR) is 31.0 cm³/mol. The minimum absolute atomic E-state index is 0.181. The molecule has 0 bridgehead atoms. The molecule has 42 valence electrons. The van der Waals surface area contributed by atoms with Crippen molar-refractivity contribution in [3.05, 3.63) is 0 Å². The summed E-state index contributed by atoms with van der Waals surface area (Å²) in [6.07, 6.45) is 1.12. The topological polar surface area (TPSA) is 17.1 Å². The van der Waals surface area contributed by atoms with E-state index in [0.717, 1.165) is 6.29 Å². The van der Waals surface area contributed by atoms with Crippen LogP contribution in [-0.2, 0) is 4.79 Å². The Bertz CT molecular complexity index is 55.7. The standard InChI is InChI=1S/C4H6Cl2O/c5-3-4(6)1-2-7/h2,4H,1,3H2. The molecule has 0 aliphatic carbocycles. The van der Waals surface area contributed by atoms with Gasteiger partial charge in [0.2, 0.25) is 0 Å². The van der Waals surface area contributed by atoms with E-state index in [2.05, 4.69) is 0 Å². The minimum atomic E-state index is -0.181. The molecule has 0 spiro atoms. The lowest BCUT2D eigenvalue weighted by atomic mass is 10.4. The van der Waals surface area contributed by atoms with Crippen molar-refractivity contribution in [2.24, 2.45) is 0 Å². The van der Waals surface area contributed by atoms with Crippen LogP contribution in [0.25, 0.3) is 0 Å². The second-order valence-corrected chi connectivity index (χ2v) is 2.08. The number of halogens is 2. The second kappa shape index (κ2) is 4.41. The molecule has 0 rings (SSSR count). The summed E-state index contributed by atoms with van der Waals surface area (Å²) in [5, 5.41) is -0.181. The van der Waals surface area contributed by atoms with Crippen LogP contribution in [0.15, 0.2) is 0 Å². The maximum Gasteiger partial charge on any atom is 0.121 e. The largest absolute Gasteiger partial charge is 0.303 e. The first-order valence-corrected chi connectivity index (χ1v) is 2.92. The van der Waals surface area contributed by atoms with Gasteiger partial charge in [-0.25, -0.2) is 0 Å². The lowest BCUT2D eigenvalue weighted by Crippen LogP contribution is -1.99. The van der Waals surface area contributed by atoms with E-state index in [1.807, 2.05) is 0 Å². The third-order valence-electron chi connectivity index (χ3n) is 0.519. The Morgan fingerprint density at radius 3 is 2.43 bits per heavy atom. The van der Waals surface area contributed by atoms with Crippen LogP contribution in [-0.4, -0.2) is 17.5 Å². The van der Waals surface area contributed by atoms with Gasteiger partial charge < -0.3 is 4.79 Å². The van der Waals surface area contributed by atoms with Gasteiger partial charge in [0.1, 0.15) is 6.29 Å². The van der Waals surface area contributed by atoms with Gasteiger partial charge in [-0.15, -0.1) is 23.2 Å². The van der Waals surface area contributed by atoms with Gasteiger partial charge in [0.25, 0.3) is 0 Å². The van der Waals surface area contributed by atoms with Gasteiger partial charge in [0.05, 0.1) is 5.38 Å². The smallest absolute Gasteiger partial charge is 0.121 e. The maximum atomic E-state index is 9.63. The van der Waals surface area contributed by atoms with E-state index in [1.54, 1.807) is 0 Å². The zero-order valence-electron chi connectivity index (χ0n) is 3.73. The van der Waals surface area contributed by atoms with Gasteiger partial charge in [0.15, 0.2) is 0 Å². The fraction of sp³-hybridized carbons (Fsp3) is 0.750. The Morgan fingerprint density at radius 1 is 1.71 bits per heavy atom. The molecule has 3 heteroatoms. The van der Waals surface area contributed by atoms with E-state index in [0.29, 0.717) is 12.3 Å². The number of rotatable bonds is 3. The summed E-state index contributed by atoms with van der Waals surface area (Å²) in [5.41, 5.74) is 0. The highest BCUT2D eigenvalue weighted by Gasteiger charge is 1.97. The quantitative estimate of drug-likeness (QED) is 0.429. The van der Waals surface area contributed by atoms with Crippen LogP contribution in [0.5, 0.6) is 0 Å². The highest BCUT2D eigenvalue weighted by atomic mass is 35.5. The molecule has 7 heavy (non-hydrogen) atoms. The van der Waals surface area contributed by atoms with Crippen LogP contribution >= 0.6 is 23.2 Å². The van der Waals surface area contributed by atoms with E-state index in [9.17, 15) is 4.79 Å². The summed E-state index contributed by atoms with van der Waals surface area (Å²) in [7, 11) is 0. The molecular formula is C4H6Cl2O. The van der Waals surface area contributed by atoms with Crippen molar-refractivity contribution in [3.8, 4) is 0 Å². The molecule has 0 fully saturated rings. The average Bonchev–Trinajstić information content (AvgIpc) is 1.68. The molecule has 0 aliphatic rings. The summed E-state index contributed by atoms with van der Waals surface area (Å²) in [4.78, 5) is 9.63. The Hall–Kier alpha value is 0.250. The number of alkyl halides is 2. The SMILES string of the molecule is O=CCC(Cl)CCl. The first-order valence-electron chi connectivity index (χ1n) is 1.95.